The van der Waals surface area contributed by atoms with Crippen LogP contribution in [0.25, 0.3) is 11.0 Å². The van der Waals surface area contributed by atoms with Gasteiger partial charge < -0.3 is 9.88 Å². The van der Waals surface area contributed by atoms with Crippen LogP contribution in [0.2, 0.25) is 0 Å². The number of nitrogens with one attached hydrogen (secondary N) is 1. The van der Waals surface area contributed by atoms with Crippen LogP contribution in [0.5, 0.6) is 0 Å². The lowest BCUT2D eigenvalue weighted by Gasteiger charge is -2.25. The Morgan fingerprint density at radius 1 is 1.00 bits per heavy atom. The van der Waals surface area contributed by atoms with E-state index in [1.54, 1.807) is 0 Å². The summed E-state index contributed by atoms with van der Waals surface area (Å²) >= 11 is 0. The van der Waals surface area contributed by atoms with Gasteiger partial charge in [0.05, 0.1) is 11.0 Å². The molecule has 0 bridgehead atoms. The Kier molecular flexibility index (Phi) is 3.42. The van der Waals surface area contributed by atoms with Crippen LogP contribution in [0, 0.1) is 0 Å². The van der Waals surface area contributed by atoms with Crippen LogP contribution in [0.1, 0.15) is 19.4 Å². The number of anilines is 1. The molecule has 21 heavy (non-hydrogen) atoms. The minimum Gasteiger partial charge on any atom is -0.355 e. The van der Waals surface area contributed by atoms with Crippen molar-refractivity contribution in [3.8, 4) is 0 Å². The van der Waals surface area contributed by atoms with E-state index in [-0.39, 0.29) is 5.41 Å². The molecule has 3 nitrogen and oxygen atoms in total. The molecule has 0 unspecified atom stereocenters. The maximum absolute atomic E-state index is 4.66. The molecule has 0 saturated carbocycles. The molecule has 0 fully saturated rings. The molecule has 1 aromatic heterocycles. The first-order valence-corrected chi connectivity index (χ1v) is 7.29. The van der Waals surface area contributed by atoms with Gasteiger partial charge in [0.2, 0.25) is 5.95 Å². The quantitative estimate of drug-likeness (QED) is 0.783. The molecule has 0 radical (unpaired) electrons. The molecule has 3 rings (SSSR count). The number of hydrogen-bond donors (Lipinski definition) is 1. The molecule has 0 atom stereocenters. The normalized spacial score (nSPS) is 11.8. The highest BCUT2D eigenvalue weighted by Crippen LogP contribution is 2.24. The number of imidazole rings is 1. The fourth-order valence-electron chi connectivity index (χ4n) is 2.60. The zero-order valence-corrected chi connectivity index (χ0v) is 12.8. The first kappa shape index (κ1) is 13.7. The number of aromatic nitrogens is 2. The third-order valence-corrected chi connectivity index (χ3v) is 4.03. The fourth-order valence-corrected chi connectivity index (χ4v) is 2.60. The van der Waals surface area contributed by atoms with Crippen molar-refractivity contribution in [1.82, 2.24) is 9.55 Å². The molecule has 0 saturated heterocycles. The molecule has 0 aliphatic carbocycles. The molecule has 0 amide bonds. The smallest absolute Gasteiger partial charge is 0.203 e. The molecular weight excluding hydrogens is 258 g/mol. The summed E-state index contributed by atoms with van der Waals surface area (Å²) in [5.41, 5.74) is 3.56. The Morgan fingerprint density at radius 3 is 2.38 bits per heavy atom. The standard InChI is InChI=1S/C18H21N3/c1-18(2,14-9-5-4-6-10-14)13-19-17-20-15-11-7-8-12-16(15)21(17)3/h4-12H,13H2,1-3H3,(H,19,20). The number of benzene rings is 2. The van der Waals surface area contributed by atoms with Gasteiger partial charge in [0.1, 0.15) is 0 Å². The van der Waals surface area contributed by atoms with E-state index in [1.807, 2.05) is 25.2 Å². The van der Waals surface area contributed by atoms with Crippen LogP contribution in [0.4, 0.5) is 5.95 Å². The van der Waals surface area contributed by atoms with Gasteiger partial charge in [0.25, 0.3) is 0 Å². The lowest BCUT2D eigenvalue weighted by atomic mass is 9.85. The highest BCUT2D eigenvalue weighted by Gasteiger charge is 2.21. The summed E-state index contributed by atoms with van der Waals surface area (Å²) < 4.78 is 2.11. The monoisotopic (exact) mass is 279 g/mol. The lowest BCUT2D eigenvalue weighted by Crippen LogP contribution is -2.28. The molecule has 1 heterocycles. The Bertz CT molecular complexity index is 742. The zero-order chi connectivity index (χ0) is 14.9. The van der Waals surface area contributed by atoms with Crippen molar-refractivity contribution in [1.29, 1.82) is 0 Å². The van der Waals surface area contributed by atoms with Crippen molar-refractivity contribution < 1.29 is 0 Å². The molecule has 0 aliphatic rings. The predicted octanol–water partition coefficient (Wildman–Crippen LogP) is 3.96. The minimum atomic E-state index is 0.0550. The van der Waals surface area contributed by atoms with Crippen LogP contribution >= 0.6 is 0 Å². The largest absolute Gasteiger partial charge is 0.355 e. The van der Waals surface area contributed by atoms with Gasteiger partial charge in [-0.05, 0) is 17.7 Å². The van der Waals surface area contributed by atoms with Gasteiger partial charge in [-0.2, -0.15) is 0 Å². The zero-order valence-electron chi connectivity index (χ0n) is 12.8. The van der Waals surface area contributed by atoms with Gasteiger partial charge in [0.15, 0.2) is 0 Å². The van der Waals surface area contributed by atoms with Gasteiger partial charge in [-0.15, -0.1) is 0 Å². The number of nitrogens with zero attached hydrogens (tertiary/aromatic N) is 2. The summed E-state index contributed by atoms with van der Waals surface area (Å²) in [5, 5.41) is 3.49. The van der Waals surface area contributed by atoms with Gasteiger partial charge in [0, 0.05) is 19.0 Å². The third-order valence-electron chi connectivity index (χ3n) is 4.03. The van der Waals surface area contributed by atoms with Crippen LogP contribution in [-0.4, -0.2) is 16.1 Å². The van der Waals surface area contributed by atoms with E-state index < -0.39 is 0 Å². The maximum Gasteiger partial charge on any atom is 0.203 e. The fraction of sp³-hybridized carbons (Fsp3) is 0.278. The van der Waals surface area contributed by atoms with E-state index in [4.69, 9.17) is 0 Å². The second kappa shape index (κ2) is 5.24. The lowest BCUT2D eigenvalue weighted by molar-refractivity contribution is 0.554. The molecule has 3 aromatic rings. The number of rotatable bonds is 4. The predicted molar refractivity (Wildman–Crippen MR) is 88.7 cm³/mol. The highest BCUT2D eigenvalue weighted by atomic mass is 15.2. The topological polar surface area (TPSA) is 29.9 Å². The third kappa shape index (κ3) is 2.64. The second-order valence-electron chi connectivity index (χ2n) is 6.09. The summed E-state index contributed by atoms with van der Waals surface area (Å²) in [6.45, 7) is 5.34. The molecule has 3 heteroatoms. The Hall–Kier alpha value is -2.29. The van der Waals surface area contributed by atoms with Crippen LogP contribution < -0.4 is 5.32 Å². The van der Waals surface area contributed by atoms with Crippen molar-refractivity contribution in [3.05, 3.63) is 60.2 Å². The maximum atomic E-state index is 4.66. The van der Waals surface area contributed by atoms with E-state index in [0.29, 0.717) is 0 Å². The van der Waals surface area contributed by atoms with E-state index >= 15 is 0 Å². The SMILES string of the molecule is Cn1c(NCC(C)(C)c2ccccc2)nc2ccccc21. The van der Waals surface area contributed by atoms with Gasteiger partial charge in [-0.25, -0.2) is 4.98 Å². The molecule has 0 spiro atoms. The van der Waals surface area contributed by atoms with Gasteiger partial charge >= 0.3 is 0 Å². The Morgan fingerprint density at radius 2 is 1.67 bits per heavy atom. The van der Waals surface area contributed by atoms with Crippen molar-refractivity contribution >= 4 is 17.0 Å². The van der Waals surface area contributed by atoms with Crippen molar-refractivity contribution in [3.63, 3.8) is 0 Å². The summed E-state index contributed by atoms with van der Waals surface area (Å²) in [6.07, 6.45) is 0. The van der Waals surface area contributed by atoms with E-state index in [9.17, 15) is 0 Å². The minimum absolute atomic E-state index is 0.0550. The average molecular weight is 279 g/mol. The van der Waals surface area contributed by atoms with Crippen LogP contribution in [0.3, 0.4) is 0 Å². The van der Waals surface area contributed by atoms with Crippen LogP contribution in [0.15, 0.2) is 54.6 Å². The van der Waals surface area contributed by atoms with Gasteiger partial charge in [-0.1, -0.05) is 56.3 Å². The van der Waals surface area contributed by atoms with Crippen LogP contribution in [-0.2, 0) is 12.5 Å². The van der Waals surface area contributed by atoms with E-state index in [1.165, 1.54) is 5.56 Å². The number of fused-ring (bicyclic) bond motifs is 1. The Balaban J connectivity index is 1.82. The van der Waals surface area contributed by atoms with Crippen molar-refractivity contribution in [2.75, 3.05) is 11.9 Å². The average Bonchev–Trinajstić information content (AvgIpc) is 2.83. The van der Waals surface area contributed by atoms with Gasteiger partial charge in [-0.3, -0.25) is 0 Å². The number of para-hydroxylation sites is 2. The number of aryl methyl sites for hydroxylation is 1. The van der Waals surface area contributed by atoms with Crippen molar-refractivity contribution in [2.45, 2.75) is 19.3 Å². The van der Waals surface area contributed by atoms with E-state index in [0.717, 1.165) is 23.5 Å². The molecule has 0 aliphatic heterocycles. The first-order chi connectivity index (χ1) is 10.1. The summed E-state index contributed by atoms with van der Waals surface area (Å²) in [7, 11) is 2.05. The summed E-state index contributed by atoms with van der Waals surface area (Å²) in [5.74, 6) is 0.917. The second-order valence-corrected chi connectivity index (χ2v) is 6.09. The molecule has 108 valence electrons. The van der Waals surface area contributed by atoms with Crippen molar-refractivity contribution in [2.24, 2.45) is 7.05 Å². The molecule has 1 N–H and O–H groups in total. The number of hydrogen-bond acceptors (Lipinski definition) is 2. The van der Waals surface area contributed by atoms with E-state index in [2.05, 4.69) is 65.1 Å². The molecule has 2 aromatic carbocycles. The summed E-state index contributed by atoms with van der Waals surface area (Å²) in [6, 6.07) is 18.8. The summed E-state index contributed by atoms with van der Waals surface area (Å²) in [4.78, 5) is 4.66. The highest BCUT2D eigenvalue weighted by molar-refractivity contribution is 5.78. The first-order valence-electron chi connectivity index (χ1n) is 7.29. The molecular formula is C18H21N3. The Labute approximate surface area is 125 Å².